The van der Waals surface area contributed by atoms with Gasteiger partial charge in [0.2, 0.25) is 0 Å². The Kier molecular flexibility index (Phi) is 5.37. The van der Waals surface area contributed by atoms with Gasteiger partial charge < -0.3 is 15.2 Å². The molecule has 6 heteroatoms. The van der Waals surface area contributed by atoms with Crippen molar-refractivity contribution >= 4 is 41.1 Å². The van der Waals surface area contributed by atoms with Crippen molar-refractivity contribution in [3.05, 3.63) is 75.6 Å². The van der Waals surface area contributed by atoms with E-state index in [4.69, 9.17) is 0 Å². The van der Waals surface area contributed by atoms with Crippen molar-refractivity contribution < 1.29 is 4.79 Å². The largest absolute Gasteiger partial charge is 0.364 e. The summed E-state index contributed by atoms with van der Waals surface area (Å²) in [6.07, 6.45) is 9.25. The van der Waals surface area contributed by atoms with Crippen molar-refractivity contribution in [1.29, 1.82) is 0 Å². The molecule has 27 heavy (non-hydrogen) atoms. The van der Waals surface area contributed by atoms with Gasteiger partial charge in [0.15, 0.2) is 0 Å². The number of H-pyrrole nitrogens is 1. The highest BCUT2D eigenvalue weighted by Crippen LogP contribution is 2.33. The molecule has 0 spiro atoms. The average Bonchev–Trinajstić information content (AvgIpc) is 3.26. The summed E-state index contributed by atoms with van der Waals surface area (Å²) in [5.41, 5.74) is 4.80. The minimum absolute atomic E-state index is 0.0846. The van der Waals surface area contributed by atoms with E-state index in [0.717, 1.165) is 32.8 Å². The SMILES string of the molecule is C=C/C=C\c1c(C2=CS/C(=c3\cc(C(=O)N(C)C)cnc3=C)N2)c[nH]c1C. The lowest BCUT2D eigenvalue weighted by molar-refractivity contribution is 0.0827. The molecule has 138 valence electrons. The first kappa shape index (κ1) is 18.8. The van der Waals surface area contributed by atoms with Crippen LogP contribution in [0.3, 0.4) is 0 Å². The molecule has 1 aliphatic heterocycles. The smallest absolute Gasteiger partial charge is 0.254 e. The third-order valence-corrected chi connectivity index (χ3v) is 5.14. The predicted molar refractivity (Wildman–Crippen MR) is 114 cm³/mol. The van der Waals surface area contributed by atoms with Gasteiger partial charge in [-0.25, -0.2) is 0 Å². The Balaban J connectivity index is 2.00. The predicted octanol–water partition coefficient (Wildman–Crippen LogP) is 2.43. The minimum atomic E-state index is -0.0846. The van der Waals surface area contributed by atoms with E-state index in [-0.39, 0.29) is 5.91 Å². The third kappa shape index (κ3) is 3.75. The highest BCUT2D eigenvalue weighted by atomic mass is 32.2. The second-order valence-electron chi connectivity index (χ2n) is 6.36. The number of carbonyl (C=O) groups excluding carboxylic acids is 1. The highest BCUT2D eigenvalue weighted by molar-refractivity contribution is 8.11. The number of pyridine rings is 1. The lowest BCUT2D eigenvalue weighted by Gasteiger charge is -2.10. The zero-order chi connectivity index (χ0) is 19.6. The van der Waals surface area contributed by atoms with Gasteiger partial charge in [-0.2, -0.15) is 0 Å². The van der Waals surface area contributed by atoms with E-state index >= 15 is 0 Å². The fourth-order valence-corrected chi connectivity index (χ4v) is 3.66. The number of thioether (sulfide) groups is 1. The van der Waals surface area contributed by atoms with Crippen LogP contribution in [0.25, 0.3) is 23.4 Å². The van der Waals surface area contributed by atoms with Crippen LogP contribution in [0.1, 0.15) is 27.2 Å². The molecule has 0 unspecified atom stereocenters. The van der Waals surface area contributed by atoms with E-state index in [9.17, 15) is 4.79 Å². The third-order valence-electron chi connectivity index (χ3n) is 4.23. The Morgan fingerprint density at radius 1 is 1.37 bits per heavy atom. The van der Waals surface area contributed by atoms with Crippen molar-refractivity contribution in [1.82, 2.24) is 20.2 Å². The molecule has 3 rings (SSSR count). The molecule has 0 saturated carbocycles. The van der Waals surface area contributed by atoms with Crippen LogP contribution in [0, 0.1) is 6.92 Å². The lowest BCUT2D eigenvalue weighted by Crippen LogP contribution is -2.33. The van der Waals surface area contributed by atoms with Gasteiger partial charge in [0.1, 0.15) is 0 Å². The fourth-order valence-electron chi connectivity index (χ4n) is 2.77. The van der Waals surface area contributed by atoms with E-state index in [1.165, 1.54) is 4.90 Å². The monoisotopic (exact) mass is 378 g/mol. The number of hydrogen-bond donors (Lipinski definition) is 2. The van der Waals surface area contributed by atoms with Crippen molar-refractivity contribution in [3.63, 3.8) is 0 Å². The molecular weight excluding hydrogens is 356 g/mol. The Morgan fingerprint density at radius 2 is 2.15 bits per heavy atom. The number of aromatic amines is 1. The Morgan fingerprint density at radius 3 is 2.85 bits per heavy atom. The van der Waals surface area contributed by atoms with Crippen LogP contribution < -0.4 is 15.9 Å². The number of aromatic nitrogens is 2. The van der Waals surface area contributed by atoms with Gasteiger partial charge in [0.25, 0.3) is 5.91 Å². The summed E-state index contributed by atoms with van der Waals surface area (Å²) in [4.78, 5) is 21.4. The number of hydrogen-bond acceptors (Lipinski definition) is 4. The van der Waals surface area contributed by atoms with Crippen LogP contribution in [0.5, 0.6) is 0 Å². The standard InChI is InChI=1S/C21H22N4OS/c1-6-7-8-16-13(2)23-11-18(16)19-12-27-20(24-19)17-9-15(10-22-14(17)3)21(26)25(4)5/h6-12,23-24H,1,3H2,2,4-5H3/b8-7-,20-17+. The van der Waals surface area contributed by atoms with Crippen molar-refractivity contribution in [2.75, 3.05) is 14.1 Å². The van der Waals surface area contributed by atoms with Gasteiger partial charge in [-0.15, -0.1) is 0 Å². The summed E-state index contributed by atoms with van der Waals surface area (Å²) in [6, 6.07) is 1.84. The average molecular weight is 379 g/mol. The van der Waals surface area contributed by atoms with Gasteiger partial charge in [-0.3, -0.25) is 9.78 Å². The normalized spacial score (nSPS) is 15.6. The number of carbonyl (C=O) groups is 1. The Hall–Kier alpha value is -2.99. The van der Waals surface area contributed by atoms with Crippen molar-refractivity contribution in [2.24, 2.45) is 0 Å². The van der Waals surface area contributed by atoms with Crippen LogP contribution in [-0.2, 0) is 0 Å². The number of nitrogens with zero attached hydrogens (tertiary/aromatic N) is 2. The lowest BCUT2D eigenvalue weighted by atomic mass is 10.1. The molecule has 0 aliphatic carbocycles. The summed E-state index contributed by atoms with van der Waals surface area (Å²) < 4.78 is 0. The maximum atomic E-state index is 12.3. The van der Waals surface area contributed by atoms with E-state index in [0.29, 0.717) is 10.9 Å². The Labute approximate surface area is 162 Å². The van der Waals surface area contributed by atoms with Crippen molar-refractivity contribution in [2.45, 2.75) is 6.92 Å². The topological polar surface area (TPSA) is 61.0 Å². The number of nitrogens with one attached hydrogen (secondary N) is 2. The maximum absolute atomic E-state index is 12.3. The molecule has 5 nitrogen and oxygen atoms in total. The van der Waals surface area contributed by atoms with Gasteiger partial charge in [0.05, 0.1) is 21.6 Å². The second-order valence-corrected chi connectivity index (χ2v) is 7.24. The molecular formula is C21H22N4OS. The molecule has 2 aromatic heterocycles. The molecule has 2 N–H and O–H groups in total. The van der Waals surface area contributed by atoms with Crippen LogP contribution in [0.2, 0.25) is 0 Å². The van der Waals surface area contributed by atoms with Crippen LogP contribution in [-0.4, -0.2) is 34.9 Å². The first-order valence-corrected chi connectivity index (χ1v) is 9.32. The molecule has 0 bridgehead atoms. The first-order valence-electron chi connectivity index (χ1n) is 8.44. The summed E-state index contributed by atoms with van der Waals surface area (Å²) in [7, 11) is 3.45. The fraction of sp³-hybridized carbons (Fsp3) is 0.143. The van der Waals surface area contributed by atoms with E-state index in [1.807, 2.05) is 31.3 Å². The molecule has 3 heterocycles. The molecule has 0 radical (unpaired) electrons. The van der Waals surface area contributed by atoms with Crippen LogP contribution >= 0.6 is 11.8 Å². The molecule has 1 aliphatic rings. The molecule has 2 aromatic rings. The van der Waals surface area contributed by atoms with E-state index < -0.39 is 0 Å². The van der Waals surface area contributed by atoms with Crippen molar-refractivity contribution in [3.8, 4) is 0 Å². The molecule has 0 aromatic carbocycles. The number of amides is 1. The first-order chi connectivity index (χ1) is 12.9. The Bertz CT molecular complexity index is 1080. The summed E-state index contributed by atoms with van der Waals surface area (Å²) in [5, 5.41) is 7.87. The molecule has 1 amide bonds. The maximum Gasteiger partial charge on any atom is 0.254 e. The van der Waals surface area contributed by atoms with Crippen LogP contribution in [0.4, 0.5) is 0 Å². The van der Waals surface area contributed by atoms with E-state index in [1.54, 1.807) is 38.1 Å². The number of allylic oxidation sites excluding steroid dienone is 2. The highest BCUT2D eigenvalue weighted by Gasteiger charge is 2.18. The van der Waals surface area contributed by atoms with Gasteiger partial charge in [-0.05, 0) is 13.0 Å². The molecule has 0 atom stereocenters. The summed E-state index contributed by atoms with van der Waals surface area (Å²) in [6.45, 7) is 9.78. The quantitative estimate of drug-likeness (QED) is 0.803. The van der Waals surface area contributed by atoms with Gasteiger partial charge in [0, 0.05) is 53.9 Å². The summed E-state index contributed by atoms with van der Waals surface area (Å²) in [5.74, 6) is -0.0846. The van der Waals surface area contributed by atoms with Crippen LogP contribution in [0.15, 0.2) is 42.6 Å². The second kappa shape index (κ2) is 7.72. The zero-order valence-corrected chi connectivity index (χ0v) is 16.5. The molecule has 0 fully saturated rings. The molecule has 0 saturated heterocycles. The summed E-state index contributed by atoms with van der Waals surface area (Å²) >= 11 is 1.56. The minimum Gasteiger partial charge on any atom is -0.364 e. The number of aryl methyl sites for hydroxylation is 1. The number of rotatable bonds is 4. The zero-order valence-electron chi connectivity index (χ0n) is 15.7. The van der Waals surface area contributed by atoms with Gasteiger partial charge in [-0.1, -0.05) is 43.1 Å². The van der Waals surface area contributed by atoms with Gasteiger partial charge >= 0.3 is 0 Å². The van der Waals surface area contributed by atoms with E-state index in [2.05, 4.69) is 33.9 Å².